The first kappa shape index (κ1) is 22.6. The summed E-state index contributed by atoms with van der Waals surface area (Å²) in [6.07, 6.45) is 0.775. The van der Waals surface area contributed by atoms with E-state index in [2.05, 4.69) is 15.6 Å². The van der Waals surface area contributed by atoms with Gasteiger partial charge in [-0.2, -0.15) is 0 Å². The molecule has 0 spiro atoms. The predicted octanol–water partition coefficient (Wildman–Crippen LogP) is 3.18. The number of hydrogen-bond acceptors (Lipinski definition) is 3. The average Bonchev–Trinajstić information content (AvgIpc) is 3.10. The lowest BCUT2D eigenvalue weighted by molar-refractivity contribution is -0.132. The molecule has 164 valence electrons. The minimum absolute atomic E-state index is 0.187. The van der Waals surface area contributed by atoms with Crippen molar-refractivity contribution in [1.29, 1.82) is 0 Å². The molecule has 0 saturated carbocycles. The molecule has 31 heavy (non-hydrogen) atoms. The SMILES string of the molecule is Cc1ccc(C(C)NC(=O)C(O)C(C)Cc2[nH]c3ccccc3c2CCNC=O)cc1. The number of aliphatic hydroxyl groups excluding tert-OH is 1. The average molecular weight is 422 g/mol. The molecule has 0 aliphatic rings. The highest BCUT2D eigenvalue weighted by Gasteiger charge is 2.26. The number of rotatable bonds is 10. The molecule has 0 aliphatic carbocycles. The molecule has 1 heterocycles. The minimum Gasteiger partial charge on any atom is -0.383 e. The third-order valence-corrected chi connectivity index (χ3v) is 5.77. The maximum absolute atomic E-state index is 12.7. The maximum Gasteiger partial charge on any atom is 0.249 e. The van der Waals surface area contributed by atoms with E-state index in [9.17, 15) is 14.7 Å². The van der Waals surface area contributed by atoms with Gasteiger partial charge in [-0.25, -0.2) is 0 Å². The van der Waals surface area contributed by atoms with E-state index < -0.39 is 6.10 Å². The fourth-order valence-corrected chi connectivity index (χ4v) is 3.90. The Bertz CT molecular complexity index is 1030. The first-order valence-electron chi connectivity index (χ1n) is 10.7. The molecule has 0 fully saturated rings. The molecule has 0 saturated heterocycles. The highest BCUT2D eigenvalue weighted by molar-refractivity contribution is 5.85. The van der Waals surface area contributed by atoms with Gasteiger partial charge in [0.1, 0.15) is 6.10 Å². The van der Waals surface area contributed by atoms with Crippen molar-refractivity contribution >= 4 is 23.2 Å². The largest absolute Gasteiger partial charge is 0.383 e. The fraction of sp³-hybridized carbons (Fsp3) is 0.360. The zero-order chi connectivity index (χ0) is 22.4. The Morgan fingerprint density at radius 2 is 1.84 bits per heavy atom. The molecule has 3 rings (SSSR count). The van der Waals surface area contributed by atoms with E-state index >= 15 is 0 Å². The van der Waals surface area contributed by atoms with Crippen molar-refractivity contribution in [3.8, 4) is 0 Å². The molecule has 6 nitrogen and oxygen atoms in total. The lowest BCUT2D eigenvalue weighted by atomic mass is 9.94. The first-order valence-corrected chi connectivity index (χ1v) is 10.7. The fourth-order valence-electron chi connectivity index (χ4n) is 3.90. The van der Waals surface area contributed by atoms with E-state index in [1.165, 1.54) is 0 Å². The van der Waals surface area contributed by atoms with Crippen LogP contribution in [-0.2, 0) is 22.4 Å². The number of amides is 2. The second-order valence-electron chi connectivity index (χ2n) is 8.22. The summed E-state index contributed by atoms with van der Waals surface area (Å²) in [5.41, 5.74) is 5.27. The van der Waals surface area contributed by atoms with Gasteiger partial charge in [0, 0.05) is 23.1 Å². The van der Waals surface area contributed by atoms with Crippen molar-refractivity contribution in [1.82, 2.24) is 15.6 Å². The molecule has 4 N–H and O–H groups in total. The number of carbonyl (C=O) groups excluding carboxylic acids is 2. The normalized spacial score (nSPS) is 14.1. The van der Waals surface area contributed by atoms with Crippen LogP contribution in [0.15, 0.2) is 48.5 Å². The quantitative estimate of drug-likeness (QED) is 0.299. The Morgan fingerprint density at radius 3 is 2.55 bits per heavy atom. The summed E-state index contributed by atoms with van der Waals surface area (Å²) in [6.45, 7) is 6.34. The summed E-state index contributed by atoms with van der Waals surface area (Å²) >= 11 is 0. The number of hydrogen-bond donors (Lipinski definition) is 4. The number of aromatic nitrogens is 1. The third-order valence-electron chi connectivity index (χ3n) is 5.77. The van der Waals surface area contributed by atoms with E-state index in [1.54, 1.807) is 0 Å². The van der Waals surface area contributed by atoms with Gasteiger partial charge in [-0.1, -0.05) is 55.0 Å². The standard InChI is InChI=1S/C25H31N3O3/c1-16-8-10-19(11-9-16)18(3)27-25(31)24(30)17(2)14-23-21(12-13-26-15-29)20-6-4-5-7-22(20)28-23/h4-11,15,17-18,24,28,30H,12-14H2,1-3H3,(H,26,29)(H,27,31). The van der Waals surface area contributed by atoms with Crippen molar-refractivity contribution in [3.05, 3.63) is 70.9 Å². The smallest absolute Gasteiger partial charge is 0.249 e. The summed E-state index contributed by atoms with van der Waals surface area (Å²) < 4.78 is 0. The van der Waals surface area contributed by atoms with Gasteiger partial charge in [0.2, 0.25) is 12.3 Å². The van der Waals surface area contributed by atoms with Crippen molar-refractivity contribution in [2.45, 2.75) is 45.8 Å². The number of fused-ring (bicyclic) bond motifs is 1. The van der Waals surface area contributed by atoms with Gasteiger partial charge < -0.3 is 20.7 Å². The van der Waals surface area contributed by atoms with E-state index in [0.29, 0.717) is 25.8 Å². The number of aliphatic hydroxyl groups is 1. The third kappa shape index (κ3) is 5.52. The van der Waals surface area contributed by atoms with Gasteiger partial charge in [-0.15, -0.1) is 0 Å². The van der Waals surface area contributed by atoms with Crippen LogP contribution in [0.1, 0.15) is 42.3 Å². The number of H-pyrrole nitrogens is 1. The number of aromatic amines is 1. The number of benzene rings is 2. The topological polar surface area (TPSA) is 94.2 Å². The Morgan fingerprint density at radius 1 is 1.13 bits per heavy atom. The van der Waals surface area contributed by atoms with Crippen LogP contribution in [0.4, 0.5) is 0 Å². The molecule has 3 aromatic rings. The van der Waals surface area contributed by atoms with Gasteiger partial charge in [-0.3, -0.25) is 9.59 Å². The molecule has 3 atom stereocenters. The van der Waals surface area contributed by atoms with Crippen molar-refractivity contribution in [2.75, 3.05) is 6.54 Å². The number of para-hydroxylation sites is 1. The second-order valence-corrected chi connectivity index (χ2v) is 8.22. The van der Waals surface area contributed by atoms with Gasteiger partial charge in [0.05, 0.1) is 6.04 Å². The first-order chi connectivity index (χ1) is 14.9. The lowest BCUT2D eigenvalue weighted by Gasteiger charge is -2.22. The molecule has 0 aliphatic heterocycles. The van der Waals surface area contributed by atoms with Crippen LogP contribution in [0.3, 0.4) is 0 Å². The highest BCUT2D eigenvalue weighted by atomic mass is 16.3. The van der Waals surface area contributed by atoms with Crippen molar-refractivity contribution in [2.24, 2.45) is 5.92 Å². The Kier molecular flexibility index (Phi) is 7.47. The Labute approximate surface area is 183 Å². The van der Waals surface area contributed by atoms with E-state index in [0.717, 1.165) is 33.3 Å². The van der Waals surface area contributed by atoms with Crippen LogP contribution >= 0.6 is 0 Å². The molecular weight excluding hydrogens is 390 g/mol. The number of aryl methyl sites for hydroxylation is 1. The van der Waals surface area contributed by atoms with Crippen LogP contribution in [0, 0.1) is 12.8 Å². The van der Waals surface area contributed by atoms with Crippen LogP contribution in [0.2, 0.25) is 0 Å². The summed E-state index contributed by atoms with van der Waals surface area (Å²) in [7, 11) is 0. The molecule has 0 radical (unpaired) electrons. The predicted molar refractivity (Wildman–Crippen MR) is 123 cm³/mol. The summed E-state index contributed by atoms with van der Waals surface area (Å²) in [5, 5.41) is 17.4. The van der Waals surface area contributed by atoms with Crippen LogP contribution < -0.4 is 10.6 Å². The molecule has 3 unspecified atom stereocenters. The number of nitrogens with one attached hydrogen (secondary N) is 3. The maximum atomic E-state index is 12.7. The van der Waals surface area contributed by atoms with Crippen molar-refractivity contribution < 1.29 is 14.7 Å². The van der Waals surface area contributed by atoms with Gasteiger partial charge >= 0.3 is 0 Å². The lowest BCUT2D eigenvalue weighted by Crippen LogP contribution is -2.40. The van der Waals surface area contributed by atoms with Crippen LogP contribution in [0.5, 0.6) is 0 Å². The van der Waals surface area contributed by atoms with E-state index in [1.807, 2.05) is 69.3 Å². The van der Waals surface area contributed by atoms with Gasteiger partial charge in [0.15, 0.2) is 0 Å². The minimum atomic E-state index is -1.12. The molecular formula is C25H31N3O3. The molecule has 0 bridgehead atoms. The van der Waals surface area contributed by atoms with Crippen LogP contribution in [0.25, 0.3) is 10.9 Å². The van der Waals surface area contributed by atoms with Gasteiger partial charge in [0.25, 0.3) is 0 Å². The molecule has 6 heteroatoms. The second kappa shape index (κ2) is 10.3. The zero-order valence-corrected chi connectivity index (χ0v) is 18.3. The summed E-state index contributed by atoms with van der Waals surface area (Å²) in [5.74, 6) is -0.656. The molecule has 2 amide bonds. The van der Waals surface area contributed by atoms with E-state index in [-0.39, 0.29) is 17.9 Å². The summed E-state index contributed by atoms with van der Waals surface area (Å²) in [4.78, 5) is 26.7. The zero-order valence-electron chi connectivity index (χ0n) is 18.3. The number of carbonyl (C=O) groups is 2. The Balaban J connectivity index is 1.69. The van der Waals surface area contributed by atoms with E-state index in [4.69, 9.17) is 0 Å². The summed E-state index contributed by atoms with van der Waals surface area (Å²) in [6, 6.07) is 15.8. The van der Waals surface area contributed by atoms with Gasteiger partial charge in [-0.05, 0) is 49.8 Å². The van der Waals surface area contributed by atoms with Crippen LogP contribution in [-0.4, -0.2) is 35.1 Å². The highest BCUT2D eigenvalue weighted by Crippen LogP contribution is 2.26. The Hall–Kier alpha value is -3.12. The molecule has 1 aromatic heterocycles. The molecule has 2 aromatic carbocycles. The monoisotopic (exact) mass is 421 g/mol. The van der Waals surface area contributed by atoms with Crippen molar-refractivity contribution in [3.63, 3.8) is 0 Å².